The molecule has 1 N–H and O–H groups in total. The summed E-state index contributed by atoms with van der Waals surface area (Å²) in [6.45, 7) is 5.06. The molecule has 118 valence electrons. The lowest BCUT2D eigenvalue weighted by molar-refractivity contribution is -0.121. The second-order valence-electron chi connectivity index (χ2n) is 5.82. The van der Waals surface area contributed by atoms with Crippen molar-refractivity contribution in [3.05, 3.63) is 44.3 Å². The standard InChI is InChI=1S/C17H22N2OS2/c1-13(19-8-6-16-14(12-19)7-10-22-16)11-18-17(20)5-4-15-3-2-9-21-15/h2-3,7,9-10,13H,4-6,8,11-12H2,1H3,(H,18,20)/t13-/m1/s1. The fourth-order valence-electron chi connectivity index (χ4n) is 2.82. The highest BCUT2D eigenvalue weighted by atomic mass is 32.1. The topological polar surface area (TPSA) is 32.3 Å². The molecular formula is C17H22N2OS2. The molecule has 22 heavy (non-hydrogen) atoms. The van der Waals surface area contributed by atoms with E-state index in [-0.39, 0.29) is 5.91 Å². The molecule has 0 bridgehead atoms. The normalized spacial score (nSPS) is 16.2. The van der Waals surface area contributed by atoms with Crippen molar-refractivity contribution >= 4 is 28.6 Å². The van der Waals surface area contributed by atoms with Crippen LogP contribution in [0, 0.1) is 0 Å². The first-order valence-corrected chi connectivity index (χ1v) is 9.56. The number of carbonyl (C=O) groups is 1. The number of aryl methyl sites for hydroxylation is 1. The van der Waals surface area contributed by atoms with Crippen molar-refractivity contribution in [1.82, 2.24) is 10.2 Å². The summed E-state index contributed by atoms with van der Waals surface area (Å²) < 4.78 is 0. The Labute approximate surface area is 140 Å². The minimum Gasteiger partial charge on any atom is -0.355 e. The van der Waals surface area contributed by atoms with E-state index in [9.17, 15) is 4.79 Å². The maximum Gasteiger partial charge on any atom is 0.220 e. The van der Waals surface area contributed by atoms with Crippen LogP contribution in [0.3, 0.4) is 0 Å². The Balaban J connectivity index is 1.40. The Bertz CT molecular complexity index is 606. The van der Waals surface area contributed by atoms with Gasteiger partial charge in [-0.1, -0.05) is 6.07 Å². The van der Waals surface area contributed by atoms with Crippen LogP contribution in [0.1, 0.15) is 28.7 Å². The van der Waals surface area contributed by atoms with E-state index in [1.807, 2.05) is 17.4 Å². The first-order valence-electron chi connectivity index (χ1n) is 7.81. The van der Waals surface area contributed by atoms with Crippen molar-refractivity contribution in [3.63, 3.8) is 0 Å². The summed E-state index contributed by atoms with van der Waals surface area (Å²) in [5, 5.41) is 7.33. The lowest BCUT2D eigenvalue weighted by Gasteiger charge is -2.32. The van der Waals surface area contributed by atoms with E-state index < -0.39 is 0 Å². The lowest BCUT2D eigenvalue weighted by Crippen LogP contribution is -2.44. The Morgan fingerprint density at radius 2 is 2.27 bits per heavy atom. The van der Waals surface area contributed by atoms with Crippen molar-refractivity contribution in [2.24, 2.45) is 0 Å². The van der Waals surface area contributed by atoms with Crippen LogP contribution in [0.2, 0.25) is 0 Å². The molecule has 1 amide bonds. The summed E-state index contributed by atoms with van der Waals surface area (Å²) in [5.41, 5.74) is 1.46. The van der Waals surface area contributed by atoms with Crippen LogP contribution in [-0.4, -0.2) is 29.9 Å². The van der Waals surface area contributed by atoms with Gasteiger partial charge < -0.3 is 5.32 Å². The summed E-state index contributed by atoms with van der Waals surface area (Å²) in [6.07, 6.45) is 2.57. The number of fused-ring (bicyclic) bond motifs is 1. The molecule has 1 atom stereocenters. The lowest BCUT2D eigenvalue weighted by atomic mass is 10.1. The average molecular weight is 335 g/mol. The molecule has 0 saturated heterocycles. The van der Waals surface area contributed by atoms with Crippen LogP contribution in [0.5, 0.6) is 0 Å². The number of thiophene rings is 2. The molecule has 0 unspecified atom stereocenters. The van der Waals surface area contributed by atoms with E-state index in [2.05, 4.69) is 40.0 Å². The van der Waals surface area contributed by atoms with E-state index >= 15 is 0 Å². The molecular weight excluding hydrogens is 312 g/mol. The zero-order valence-electron chi connectivity index (χ0n) is 12.9. The quantitative estimate of drug-likeness (QED) is 0.879. The molecule has 3 nitrogen and oxygen atoms in total. The van der Waals surface area contributed by atoms with E-state index in [1.54, 1.807) is 11.3 Å². The summed E-state index contributed by atoms with van der Waals surface area (Å²) in [7, 11) is 0. The number of hydrogen-bond acceptors (Lipinski definition) is 4. The zero-order valence-corrected chi connectivity index (χ0v) is 14.5. The van der Waals surface area contributed by atoms with Gasteiger partial charge in [0, 0.05) is 41.9 Å². The number of nitrogens with one attached hydrogen (secondary N) is 1. The molecule has 0 aliphatic carbocycles. The summed E-state index contributed by atoms with van der Waals surface area (Å²) >= 11 is 3.59. The highest BCUT2D eigenvalue weighted by molar-refractivity contribution is 7.10. The summed E-state index contributed by atoms with van der Waals surface area (Å²) in [6, 6.07) is 6.75. The van der Waals surface area contributed by atoms with Crippen LogP contribution >= 0.6 is 22.7 Å². The van der Waals surface area contributed by atoms with E-state index in [4.69, 9.17) is 0 Å². The smallest absolute Gasteiger partial charge is 0.220 e. The second-order valence-corrected chi connectivity index (χ2v) is 7.85. The number of amides is 1. The second kappa shape index (κ2) is 7.40. The van der Waals surface area contributed by atoms with Crippen LogP contribution < -0.4 is 5.32 Å². The van der Waals surface area contributed by atoms with Gasteiger partial charge in [0.15, 0.2) is 0 Å². The monoisotopic (exact) mass is 334 g/mol. The van der Waals surface area contributed by atoms with Crippen LogP contribution in [0.4, 0.5) is 0 Å². The molecule has 2 aromatic rings. The number of carbonyl (C=O) groups excluding carboxylic acids is 1. The van der Waals surface area contributed by atoms with Gasteiger partial charge in [-0.3, -0.25) is 9.69 Å². The average Bonchev–Trinajstić information content (AvgIpc) is 3.20. The highest BCUT2D eigenvalue weighted by Gasteiger charge is 2.21. The van der Waals surface area contributed by atoms with E-state index in [0.717, 1.165) is 32.5 Å². The molecule has 0 fully saturated rings. The largest absolute Gasteiger partial charge is 0.355 e. The van der Waals surface area contributed by atoms with E-state index in [0.29, 0.717) is 12.5 Å². The van der Waals surface area contributed by atoms with Gasteiger partial charge in [-0.05, 0) is 48.2 Å². The molecule has 0 aromatic carbocycles. The third-order valence-corrected chi connectivity index (χ3v) is 6.19. The first-order chi connectivity index (χ1) is 10.7. The Kier molecular flexibility index (Phi) is 5.28. The maximum atomic E-state index is 12.0. The Morgan fingerprint density at radius 3 is 3.09 bits per heavy atom. The van der Waals surface area contributed by atoms with Crippen molar-refractivity contribution in [3.8, 4) is 0 Å². The van der Waals surface area contributed by atoms with E-state index in [1.165, 1.54) is 15.3 Å². The van der Waals surface area contributed by atoms with Gasteiger partial charge in [0.25, 0.3) is 0 Å². The SMILES string of the molecule is C[C@H](CNC(=O)CCc1cccs1)N1CCc2sccc2C1. The van der Waals surface area contributed by atoms with Gasteiger partial charge in [0.1, 0.15) is 0 Å². The van der Waals surface area contributed by atoms with Crippen LogP contribution in [0.15, 0.2) is 29.0 Å². The molecule has 2 aromatic heterocycles. The van der Waals surface area contributed by atoms with Gasteiger partial charge in [-0.25, -0.2) is 0 Å². The maximum absolute atomic E-state index is 12.0. The summed E-state index contributed by atoms with van der Waals surface area (Å²) in [5.74, 6) is 0.161. The van der Waals surface area contributed by atoms with Crippen molar-refractivity contribution in [2.45, 2.75) is 38.8 Å². The molecule has 5 heteroatoms. The minimum absolute atomic E-state index is 0.161. The zero-order chi connectivity index (χ0) is 15.4. The van der Waals surface area contributed by atoms with Gasteiger partial charge >= 0.3 is 0 Å². The molecule has 3 rings (SSSR count). The molecule has 0 spiro atoms. The van der Waals surface area contributed by atoms with Crippen molar-refractivity contribution in [1.29, 1.82) is 0 Å². The first kappa shape index (κ1) is 15.7. The Morgan fingerprint density at radius 1 is 1.36 bits per heavy atom. The van der Waals surface area contributed by atoms with Crippen LogP contribution in [-0.2, 0) is 24.2 Å². The fraction of sp³-hybridized carbons (Fsp3) is 0.471. The predicted octanol–water partition coefficient (Wildman–Crippen LogP) is 3.31. The molecule has 0 radical (unpaired) electrons. The van der Waals surface area contributed by atoms with Crippen molar-refractivity contribution in [2.75, 3.05) is 13.1 Å². The third-order valence-electron chi connectivity index (χ3n) is 4.23. The number of nitrogens with zero attached hydrogens (tertiary/aromatic N) is 1. The fourth-order valence-corrected chi connectivity index (χ4v) is 4.42. The molecule has 1 aliphatic heterocycles. The van der Waals surface area contributed by atoms with Gasteiger partial charge in [-0.2, -0.15) is 0 Å². The van der Waals surface area contributed by atoms with Crippen LogP contribution in [0.25, 0.3) is 0 Å². The van der Waals surface area contributed by atoms with Crippen molar-refractivity contribution < 1.29 is 4.79 Å². The molecule has 3 heterocycles. The van der Waals surface area contributed by atoms with Gasteiger partial charge in [-0.15, -0.1) is 22.7 Å². The third kappa shape index (κ3) is 3.97. The number of rotatable bonds is 6. The predicted molar refractivity (Wildman–Crippen MR) is 93.5 cm³/mol. The molecule has 1 aliphatic rings. The molecule has 0 saturated carbocycles. The highest BCUT2D eigenvalue weighted by Crippen LogP contribution is 2.24. The summed E-state index contributed by atoms with van der Waals surface area (Å²) in [4.78, 5) is 17.2. The van der Waals surface area contributed by atoms with Gasteiger partial charge in [0.2, 0.25) is 5.91 Å². The number of hydrogen-bond donors (Lipinski definition) is 1. The minimum atomic E-state index is 0.161. The van der Waals surface area contributed by atoms with Gasteiger partial charge in [0.05, 0.1) is 0 Å². The Hall–Kier alpha value is -1.17.